The summed E-state index contributed by atoms with van der Waals surface area (Å²) < 4.78 is 6.41. The number of rotatable bonds is 6. The van der Waals surface area contributed by atoms with E-state index in [1.54, 1.807) is 6.07 Å². The summed E-state index contributed by atoms with van der Waals surface area (Å²) in [4.78, 5) is 13.4. The van der Waals surface area contributed by atoms with Gasteiger partial charge in [0.15, 0.2) is 5.75 Å². The SMILES string of the molecule is CCc1c([N+](=O)[S-])ccc(N(C)C)c1OCC(C)C. The van der Waals surface area contributed by atoms with E-state index in [0.717, 1.165) is 17.0 Å². The minimum absolute atomic E-state index is 0.426. The number of nitrogens with zero attached hydrogens (tertiary/aromatic N) is 2. The summed E-state index contributed by atoms with van der Waals surface area (Å²) in [7, 11) is 3.92. The van der Waals surface area contributed by atoms with Crippen molar-refractivity contribution in [2.75, 3.05) is 25.6 Å². The third kappa shape index (κ3) is 3.80. The summed E-state index contributed by atoms with van der Waals surface area (Å²) in [5.74, 6) is 1.19. The average Bonchev–Trinajstić information content (AvgIpc) is 2.34. The molecule has 0 aromatic heterocycles. The van der Waals surface area contributed by atoms with Crippen molar-refractivity contribution in [1.29, 1.82) is 0 Å². The van der Waals surface area contributed by atoms with E-state index in [1.807, 2.05) is 32.0 Å². The molecule has 0 saturated carbocycles. The van der Waals surface area contributed by atoms with Crippen LogP contribution in [0.5, 0.6) is 5.75 Å². The Balaban J connectivity index is 3.32. The topological polar surface area (TPSA) is 32.5 Å². The molecule has 5 heteroatoms. The molecule has 0 heterocycles. The molecule has 1 aromatic rings. The van der Waals surface area contributed by atoms with E-state index in [-0.39, 0.29) is 0 Å². The standard InChI is InChI=1S/C14H22N2O2S/c1-6-11-12(16(17)19)7-8-13(15(4)5)14(11)18-9-10(2)3/h7-8,10H,6,9H2,1-5H3. The van der Waals surface area contributed by atoms with Gasteiger partial charge in [0.25, 0.3) is 0 Å². The fourth-order valence-electron chi connectivity index (χ4n) is 1.88. The lowest BCUT2D eigenvalue weighted by Crippen LogP contribution is -2.14. The third-order valence-electron chi connectivity index (χ3n) is 2.81. The lowest BCUT2D eigenvalue weighted by Gasteiger charge is -2.21. The zero-order chi connectivity index (χ0) is 14.6. The van der Waals surface area contributed by atoms with E-state index in [4.69, 9.17) is 17.6 Å². The van der Waals surface area contributed by atoms with E-state index in [1.165, 1.54) is 0 Å². The first-order valence-corrected chi connectivity index (χ1v) is 6.85. The Morgan fingerprint density at radius 2 is 2.00 bits per heavy atom. The maximum atomic E-state index is 11.5. The van der Waals surface area contributed by atoms with Gasteiger partial charge in [0.05, 0.1) is 17.9 Å². The molecule has 0 N–H and O–H groups in total. The maximum absolute atomic E-state index is 11.5. The Bertz CT molecular complexity index is 459. The summed E-state index contributed by atoms with van der Waals surface area (Å²) in [6.07, 6.45) is 0.708. The van der Waals surface area contributed by atoms with Crippen LogP contribution in [0.2, 0.25) is 0 Å². The van der Waals surface area contributed by atoms with Crippen molar-refractivity contribution in [3.63, 3.8) is 0 Å². The summed E-state index contributed by atoms with van der Waals surface area (Å²) >= 11 is 4.71. The Morgan fingerprint density at radius 1 is 1.37 bits per heavy atom. The minimum Gasteiger partial charge on any atom is -0.491 e. The Morgan fingerprint density at radius 3 is 2.42 bits per heavy atom. The van der Waals surface area contributed by atoms with Crippen LogP contribution in [-0.4, -0.2) is 24.9 Å². The number of hydrogen-bond acceptors (Lipinski definition) is 4. The summed E-state index contributed by atoms with van der Waals surface area (Å²) in [5, 5.41) is 0. The molecular formula is C14H22N2O2S. The van der Waals surface area contributed by atoms with Crippen molar-refractivity contribution in [3.05, 3.63) is 22.6 Å². The van der Waals surface area contributed by atoms with Gasteiger partial charge >= 0.3 is 0 Å². The van der Waals surface area contributed by atoms with Gasteiger partial charge in [-0.3, -0.25) is 0 Å². The van der Waals surface area contributed by atoms with Crippen LogP contribution in [0.3, 0.4) is 0 Å². The van der Waals surface area contributed by atoms with Crippen LogP contribution in [-0.2, 0) is 19.2 Å². The Labute approximate surface area is 120 Å². The monoisotopic (exact) mass is 282 g/mol. The molecular weight excluding hydrogens is 260 g/mol. The van der Waals surface area contributed by atoms with E-state index >= 15 is 0 Å². The van der Waals surface area contributed by atoms with Gasteiger partial charge in [0.1, 0.15) is 0 Å². The normalized spacial score (nSPS) is 10.6. The first-order valence-electron chi connectivity index (χ1n) is 6.48. The molecule has 19 heavy (non-hydrogen) atoms. The molecule has 0 radical (unpaired) electrons. The van der Waals surface area contributed by atoms with Gasteiger partial charge in [-0.05, 0) is 18.4 Å². The van der Waals surface area contributed by atoms with Crippen LogP contribution in [0, 0.1) is 10.8 Å². The largest absolute Gasteiger partial charge is 0.491 e. The predicted molar refractivity (Wildman–Crippen MR) is 81.1 cm³/mol. The first kappa shape index (κ1) is 15.7. The van der Waals surface area contributed by atoms with Gasteiger partial charge in [-0.15, -0.1) is 0 Å². The molecule has 4 nitrogen and oxygen atoms in total. The van der Waals surface area contributed by atoms with Crippen molar-refractivity contribution < 1.29 is 8.90 Å². The first-order chi connectivity index (χ1) is 8.88. The highest BCUT2D eigenvalue weighted by Gasteiger charge is 2.20. The molecule has 106 valence electrons. The van der Waals surface area contributed by atoms with Crippen molar-refractivity contribution >= 4 is 24.2 Å². The van der Waals surface area contributed by atoms with Crippen LogP contribution in [0.4, 0.5) is 11.4 Å². The second-order valence-corrected chi connectivity index (χ2v) is 5.45. The van der Waals surface area contributed by atoms with E-state index in [0.29, 0.717) is 28.8 Å². The van der Waals surface area contributed by atoms with Crippen LogP contribution in [0.15, 0.2) is 12.1 Å². The average molecular weight is 282 g/mol. The van der Waals surface area contributed by atoms with Crippen LogP contribution in [0.1, 0.15) is 26.3 Å². The molecule has 0 spiro atoms. The number of benzene rings is 1. The fraction of sp³-hybridized carbons (Fsp3) is 0.571. The van der Waals surface area contributed by atoms with Crippen molar-refractivity contribution in [2.24, 2.45) is 5.92 Å². The quantitative estimate of drug-likeness (QED) is 0.592. The Kier molecular flexibility index (Phi) is 5.54. The molecule has 0 atom stereocenters. The van der Waals surface area contributed by atoms with Crippen molar-refractivity contribution in [3.8, 4) is 5.75 Å². The lowest BCUT2D eigenvalue weighted by atomic mass is 10.1. The molecule has 1 aromatic carbocycles. The van der Waals surface area contributed by atoms with E-state index in [9.17, 15) is 4.91 Å². The van der Waals surface area contributed by atoms with Crippen LogP contribution < -0.4 is 9.64 Å². The molecule has 1 rings (SSSR count). The minimum atomic E-state index is 0.426. The van der Waals surface area contributed by atoms with Gasteiger partial charge in [-0.25, -0.2) is 0 Å². The second-order valence-electron chi connectivity index (χ2n) is 5.12. The highest BCUT2D eigenvalue weighted by molar-refractivity contribution is 7.51. The van der Waals surface area contributed by atoms with Crippen molar-refractivity contribution in [2.45, 2.75) is 27.2 Å². The fourth-order valence-corrected chi connectivity index (χ4v) is 2.05. The molecule has 0 aliphatic carbocycles. The summed E-state index contributed by atoms with van der Waals surface area (Å²) in [6, 6.07) is 3.64. The Hall–Kier alpha value is -1.36. The number of nitroso groups, excluding NO2 is 1. The highest BCUT2D eigenvalue weighted by atomic mass is 32.1. The van der Waals surface area contributed by atoms with Crippen LogP contribution >= 0.6 is 0 Å². The zero-order valence-electron chi connectivity index (χ0n) is 12.3. The number of ether oxygens (including phenoxy) is 1. The maximum Gasteiger partial charge on any atom is 0.244 e. The zero-order valence-corrected chi connectivity index (χ0v) is 13.1. The summed E-state index contributed by atoms with van der Waals surface area (Å²) in [6.45, 7) is 6.81. The smallest absolute Gasteiger partial charge is 0.244 e. The van der Waals surface area contributed by atoms with E-state index in [2.05, 4.69) is 13.8 Å². The molecule has 0 amide bonds. The molecule has 0 saturated heterocycles. The highest BCUT2D eigenvalue weighted by Crippen LogP contribution is 2.37. The van der Waals surface area contributed by atoms with Gasteiger partial charge < -0.3 is 22.5 Å². The summed E-state index contributed by atoms with van der Waals surface area (Å²) in [5.41, 5.74) is 2.34. The number of anilines is 1. The molecule has 0 aliphatic rings. The van der Waals surface area contributed by atoms with E-state index < -0.39 is 0 Å². The molecule has 0 bridgehead atoms. The number of hydrogen-bond donors (Lipinski definition) is 0. The second kappa shape index (κ2) is 6.70. The van der Waals surface area contributed by atoms with Gasteiger partial charge in [0.2, 0.25) is 5.69 Å². The molecule has 0 unspecified atom stereocenters. The third-order valence-corrected chi connectivity index (χ3v) is 3.00. The van der Waals surface area contributed by atoms with Gasteiger partial charge in [0, 0.05) is 25.1 Å². The predicted octanol–water partition coefficient (Wildman–Crippen LogP) is 3.22. The lowest BCUT2D eigenvalue weighted by molar-refractivity contribution is -0.263. The molecule has 0 fully saturated rings. The van der Waals surface area contributed by atoms with Crippen LogP contribution in [0.25, 0.3) is 0 Å². The van der Waals surface area contributed by atoms with Gasteiger partial charge in [-0.1, -0.05) is 24.9 Å². The molecule has 0 aliphatic heterocycles. The van der Waals surface area contributed by atoms with Crippen molar-refractivity contribution in [1.82, 2.24) is 0 Å². The van der Waals surface area contributed by atoms with Gasteiger partial charge in [-0.2, -0.15) is 0 Å².